The Morgan fingerprint density at radius 3 is 1.82 bits per heavy atom. The smallest absolute Gasteiger partial charge is 0.332 e. The molecule has 0 aromatic heterocycles. The fraction of sp³-hybridized carbons (Fsp3) is 0.393. The molecule has 6 nitrogen and oxygen atoms in total. The van der Waals surface area contributed by atoms with Gasteiger partial charge in [-0.1, -0.05) is 95.3 Å². The second-order valence-electron chi connectivity index (χ2n) is 7.21. The number of benzene rings is 1. The molecule has 0 spiro atoms. The first-order chi connectivity index (χ1) is 16.0. The number of esters is 2. The van der Waals surface area contributed by atoms with E-state index in [4.69, 9.17) is 9.84 Å². The van der Waals surface area contributed by atoms with Gasteiger partial charge in [0.05, 0.1) is 13.7 Å². The highest BCUT2D eigenvalue weighted by Gasteiger charge is 2.07. The Kier molecular flexibility index (Phi) is 25.1. The maximum atomic E-state index is 10.8. The lowest BCUT2D eigenvalue weighted by Gasteiger charge is -2.13. The van der Waals surface area contributed by atoms with E-state index in [1.807, 2.05) is 25.1 Å². The third kappa shape index (κ3) is 24.9. The predicted octanol–water partition coefficient (Wildman–Crippen LogP) is 6.64. The molecule has 0 aliphatic rings. The molecular formula is C28H42O6. The molecule has 0 aliphatic heterocycles. The van der Waals surface area contributed by atoms with Crippen molar-refractivity contribution in [2.24, 2.45) is 5.92 Å². The molecule has 1 aromatic carbocycles. The van der Waals surface area contributed by atoms with E-state index in [1.54, 1.807) is 6.92 Å². The number of hydrogen-bond donors (Lipinski definition) is 1. The molecule has 34 heavy (non-hydrogen) atoms. The molecule has 190 valence electrons. The SMILES string of the molecule is C=C(C)C(=O)OC.C=C(C)c1ccccc1.C=CC(=O)O.C=CC(=O)OCC(CC)CCCC. The van der Waals surface area contributed by atoms with E-state index >= 15 is 0 Å². The van der Waals surface area contributed by atoms with Gasteiger partial charge in [0.15, 0.2) is 0 Å². The molecule has 0 heterocycles. The van der Waals surface area contributed by atoms with E-state index in [0.29, 0.717) is 18.1 Å². The van der Waals surface area contributed by atoms with Crippen molar-refractivity contribution >= 4 is 23.5 Å². The largest absolute Gasteiger partial charge is 0.478 e. The van der Waals surface area contributed by atoms with Crippen LogP contribution in [-0.4, -0.2) is 36.7 Å². The molecule has 1 unspecified atom stereocenters. The van der Waals surface area contributed by atoms with Crippen LogP contribution in [0.15, 0.2) is 74.4 Å². The van der Waals surface area contributed by atoms with Gasteiger partial charge in [0, 0.05) is 17.7 Å². The molecule has 0 amide bonds. The number of aliphatic carboxylic acids is 1. The maximum Gasteiger partial charge on any atom is 0.332 e. The monoisotopic (exact) mass is 474 g/mol. The maximum absolute atomic E-state index is 10.8. The first-order valence-electron chi connectivity index (χ1n) is 11.1. The summed E-state index contributed by atoms with van der Waals surface area (Å²) in [6, 6.07) is 10.2. The van der Waals surface area contributed by atoms with Crippen LogP contribution in [0.3, 0.4) is 0 Å². The van der Waals surface area contributed by atoms with Gasteiger partial charge in [0.25, 0.3) is 0 Å². The van der Waals surface area contributed by atoms with Gasteiger partial charge in [-0.25, -0.2) is 14.4 Å². The number of allylic oxidation sites excluding steroid dienone is 1. The number of carboxylic acids is 1. The molecule has 0 fully saturated rings. The number of carbonyl (C=O) groups is 3. The number of hydrogen-bond acceptors (Lipinski definition) is 5. The van der Waals surface area contributed by atoms with Crippen LogP contribution in [0.5, 0.6) is 0 Å². The van der Waals surface area contributed by atoms with Gasteiger partial charge in [-0.3, -0.25) is 0 Å². The summed E-state index contributed by atoms with van der Waals surface area (Å²) in [7, 11) is 1.33. The second-order valence-corrected chi connectivity index (χ2v) is 7.21. The van der Waals surface area contributed by atoms with Crippen LogP contribution in [0.2, 0.25) is 0 Å². The summed E-state index contributed by atoms with van der Waals surface area (Å²) in [4.78, 5) is 30.2. The van der Waals surface area contributed by atoms with Crippen molar-refractivity contribution in [3.05, 3.63) is 79.9 Å². The van der Waals surface area contributed by atoms with Crippen LogP contribution in [0.4, 0.5) is 0 Å². The minimum Gasteiger partial charge on any atom is -0.478 e. The summed E-state index contributed by atoms with van der Waals surface area (Å²) >= 11 is 0. The van der Waals surface area contributed by atoms with Gasteiger partial charge in [-0.2, -0.15) is 0 Å². The number of methoxy groups -OCH3 is 1. The molecule has 1 atom stereocenters. The Bertz CT molecular complexity index is 749. The van der Waals surface area contributed by atoms with Crippen LogP contribution in [0, 0.1) is 5.92 Å². The van der Waals surface area contributed by atoms with Crippen molar-refractivity contribution < 1.29 is 29.0 Å². The van der Waals surface area contributed by atoms with Crippen molar-refractivity contribution in [3.8, 4) is 0 Å². The van der Waals surface area contributed by atoms with E-state index in [0.717, 1.165) is 24.5 Å². The van der Waals surface area contributed by atoms with Gasteiger partial charge in [0.2, 0.25) is 0 Å². The molecule has 1 N–H and O–H groups in total. The van der Waals surface area contributed by atoms with Crippen LogP contribution in [-0.2, 0) is 23.9 Å². The van der Waals surface area contributed by atoms with Crippen molar-refractivity contribution in [1.29, 1.82) is 0 Å². The summed E-state index contributed by atoms with van der Waals surface area (Å²) in [5.74, 6) is -1.12. The highest BCUT2D eigenvalue weighted by Crippen LogP contribution is 2.12. The van der Waals surface area contributed by atoms with Crippen LogP contribution in [0.1, 0.15) is 58.9 Å². The average Bonchev–Trinajstić information content (AvgIpc) is 2.84. The first kappa shape index (κ1) is 35.2. The normalized spacial score (nSPS) is 9.56. The highest BCUT2D eigenvalue weighted by atomic mass is 16.5. The summed E-state index contributed by atoms with van der Waals surface area (Å²) in [5, 5.41) is 7.60. The Morgan fingerprint density at radius 1 is 1.03 bits per heavy atom. The van der Waals surface area contributed by atoms with E-state index < -0.39 is 5.97 Å². The first-order valence-corrected chi connectivity index (χ1v) is 11.1. The van der Waals surface area contributed by atoms with E-state index in [-0.39, 0.29) is 11.9 Å². The Morgan fingerprint density at radius 2 is 1.56 bits per heavy atom. The van der Waals surface area contributed by atoms with E-state index in [9.17, 15) is 14.4 Å². The number of ether oxygens (including phenoxy) is 2. The zero-order valence-corrected chi connectivity index (χ0v) is 21.5. The summed E-state index contributed by atoms with van der Waals surface area (Å²) < 4.78 is 9.26. The lowest BCUT2D eigenvalue weighted by molar-refractivity contribution is -0.139. The minimum absolute atomic E-state index is 0.310. The molecule has 0 saturated heterocycles. The van der Waals surface area contributed by atoms with Crippen molar-refractivity contribution in [1.82, 2.24) is 0 Å². The van der Waals surface area contributed by atoms with Crippen LogP contribution in [0.25, 0.3) is 5.57 Å². The standard InChI is InChI=1S/C11H20O2.C9H10.C5H8O2.C3H4O2/c1-4-7-8-10(5-2)9-13-11(12)6-3;1-8(2)9-6-4-3-5-7-9;1-4(2)5(6)7-3;1-2-3(4)5/h6,10H,3-5,7-9H2,1-2H3;3-7H,1H2,2H3;1H2,2-3H3;2H,1H2,(H,4,5). The number of carbonyl (C=O) groups excluding carboxylic acids is 2. The lowest BCUT2D eigenvalue weighted by atomic mass is 10.0. The van der Waals surface area contributed by atoms with Gasteiger partial charge in [0.1, 0.15) is 0 Å². The highest BCUT2D eigenvalue weighted by molar-refractivity contribution is 5.86. The van der Waals surface area contributed by atoms with Crippen LogP contribution < -0.4 is 0 Å². The number of carboxylic acid groups (broad SMARTS) is 1. The number of rotatable bonds is 10. The van der Waals surface area contributed by atoms with Gasteiger partial charge >= 0.3 is 17.9 Å². The second kappa shape index (κ2) is 24.2. The summed E-state index contributed by atoms with van der Waals surface area (Å²) in [5.41, 5.74) is 2.77. The number of unbranched alkanes of at least 4 members (excludes halogenated alkanes) is 1. The third-order valence-corrected chi connectivity index (χ3v) is 4.15. The van der Waals surface area contributed by atoms with E-state index in [2.05, 4.69) is 57.0 Å². The van der Waals surface area contributed by atoms with Crippen LogP contribution >= 0.6 is 0 Å². The molecule has 0 bridgehead atoms. The molecule has 6 heteroatoms. The fourth-order valence-electron chi connectivity index (χ4n) is 2.05. The van der Waals surface area contributed by atoms with Gasteiger partial charge < -0.3 is 14.6 Å². The zero-order chi connectivity index (χ0) is 26.9. The van der Waals surface area contributed by atoms with E-state index in [1.165, 1.54) is 31.6 Å². The fourth-order valence-corrected chi connectivity index (χ4v) is 2.05. The molecule has 1 rings (SSSR count). The molecule has 0 aliphatic carbocycles. The molecule has 0 radical (unpaired) electrons. The lowest BCUT2D eigenvalue weighted by Crippen LogP contribution is -2.12. The zero-order valence-electron chi connectivity index (χ0n) is 21.5. The third-order valence-electron chi connectivity index (χ3n) is 4.15. The Balaban J connectivity index is -0.000000400. The van der Waals surface area contributed by atoms with Gasteiger partial charge in [-0.05, 0) is 31.7 Å². The van der Waals surface area contributed by atoms with Crippen molar-refractivity contribution in [2.75, 3.05) is 13.7 Å². The topological polar surface area (TPSA) is 89.9 Å². The van der Waals surface area contributed by atoms with Gasteiger partial charge in [-0.15, -0.1) is 0 Å². The summed E-state index contributed by atoms with van der Waals surface area (Å²) in [6.07, 6.45) is 6.68. The molecule has 1 aromatic rings. The summed E-state index contributed by atoms with van der Waals surface area (Å²) in [6.45, 7) is 21.9. The Hall–Kier alpha value is -3.41. The average molecular weight is 475 g/mol. The Labute approximate surface area is 205 Å². The van der Waals surface area contributed by atoms with Crippen molar-refractivity contribution in [2.45, 2.75) is 53.4 Å². The minimum atomic E-state index is -0.981. The predicted molar refractivity (Wildman–Crippen MR) is 140 cm³/mol. The quantitative estimate of drug-likeness (QED) is 0.302. The molecule has 0 saturated carbocycles. The molecular weight excluding hydrogens is 432 g/mol. The van der Waals surface area contributed by atoms with Crippen molar-refractivity contribution in [3.63, 3.8) is 0 Å².